The van der Waals surface area contributed by atoms with Crippen LogP contribution in [0.25, 0.3) is 6.08 Å². The van der Waals surface area contributed by atoms with Crippen LogP contribution in [-0.2, 0) is 4.79 Å². The van der Waals surface area contributed by atoms with Crippen LogP contribution in [0.3, 0.4) is 0 Å². The molecule has 146 valence electrons. The van der Waals surface area contributed by atoms with Gasteiger partial charge in [-0.05, 0) is 61.5 Å². The fraction of sp³-hybridized carbons (Fsp3) is 0.250. The fourth-order valence-corrected chi connectivity index (χ4v) is 3.85. The summed E-state index contributed by atoms with van der Waals surface area (Å²) in [5.41, 5.74) is 1.37. The molecule has 0 atom stereocenters. The highest BCUT2D eigenvalue weighted by atomic mass is 35.5. The van der Waals surface area contributed by atoms with Gasteiger partial charge in [0.05, 0.1) is 18.6 Å². The first-order chi connectivity index (χ1) is 13.6. The maximum absolute atomic E-state index is 12.8. The first kappa shape index (κ1) is 20.2. The van der Waals surface area contributed by atoms with Crippen LogP contribution in [0, 0.1) is 0 Å². The predicted octanol–water partition coefficient (Wildman–Crippen LogP) is 4.77. The molecule has 0 spiro atoms. The Balaban J connectivity index is 1.93. The summed E-state index contributed by atoms with van der Waals surface area (Å²) in [6.07, 6.45) is 3.42. The predicted molar refractivity (Wildman–Crippen MR) is 113 cm³/mol. The lowest BCUT2D eigenvalue weighted by molar-refractivity contribution is -0.122. The van der Waals surface area contributed by atoms with Gasteiger partial charge in [-0.1, -0.05) is 17.7 Å². The number of thioether (sulfide) groups is 1. The van der Waals surface area contributed by atoms with Crippen molar-refractivity contribution in [2.45, 2.75) is 13.8 Å². The highest BCUT2D eigenvalue weighted by molar-refractivity contribution is 8.18. The van der Waals surface area contributed by atoms with Gasteiger partial charge in [-0.25, -0.2) is 9.98 Å². The summed E-state index contributed by atoms with van der Waals surface area (Å²) in [4.78, 5) is 23.5. The third kappa shape index (κ3) is 4.31. The Morgan fingerprint density at radius 2 is 2.11 bits per heavy atom. The quantitative estimate of drug-likeness (QED) is 0.500. The smallest absolute Gasteiger partial charge is 0.266 e. The fourth-order valence-electron chi connectivity index (χ4n) is 2.63. The molecule has 0 bridgehead atoms. The maximum atomic E-state index is 12.8. The zero-order valence-corrected chi connectivity index (χ0v) is 17.4. The number of likely N-dealkylation sites (N-methyl/N-ethyl adjacent to an activating group) is 1. The number of methoxy groups -OCH3 is 1. The molecule has 1 saturated heterocycles. The lowest BCUT2D eigenvalue weighted by atomic mass is 10.2. The van der Waals surface area contributed by atoms with E-state index in [2.05, 4.69) is 9.98 Å². The van der Waals surface area contributed by atoms with Crippen molar-refractivity contribution in [2.75, 3.05) is 20.3 Å². The number of benzene rings is 1. The van der Waals surface area contributed by atoms with E-state index in [9.17, 15) is 4.79 Å². The molecule has 8 heteroatoms. The van der Waals surface area contributed by atoms with Crippen molar-refractivity contribution in [3.8, 4) is 11.5 Å². The highest BCUT2D eigenvalue weighted by Gasteiger charge is 2.32. The second-order valence-corrected chi connectivity index (χ2v) is 7.08. The Kier molecular flexibility index (Phi) is 6.59. The SMILES string of the molecule is CCOc1ccc(/C=C2\SC(=Nc3cccnc3Cl)N(CC)C2=O)cc1OC. The molecule has 1 aliphatic rings. The van der Waals surface area contributed by atoms with Crippen LogP contribution in [0.1, 0.15) is 19.4 Å². The standard InChI is InChI=1S/C20H20ClN3O3S/c1-4-24-19(25)17(28-20(24)23-14-7-6-10-22-18(14)21)12-13-8-9-15(27-5-2)16(11-13)26-3/h6-12H,4-5H2,1-3H3/b17-12-,23-20?. The van der Waals surface area contributed by atoms with E-state index in [1.54, 1.807) is 30.3 Å². The number of halogens is 1. The molecular formula is C20H20ClN3O3S. The molecule has 1 aromatic heterocycles. The second-order valence-electron chi connectivity index (χ2n) is 5.71. The molecule has 2 heterocycles. The van der Waals surface area contributed by atoms with E-state index in [4.69, 9.17) is 21.1 Å². The van der Waals surface area contributed by atoms with Crippen molar-refractivity contribution < 1.29 is 14.3 Å². The van der Waals surface area contributed by atoms with Gasteiger partial charge in [-0.15, -0.1) is 0 Å². The van der Waals surface area contributed by atoms with Gasteiger partial charge in [0.1, 0.15) is 5.69 Å². The van der Waals surface area contributed by atoms with Crippen molar-refractivity contribution in [3.05, 3.63) is 52.2 Å². The van der Waals surface area contributed by atoms with Crippen LogP contribution >= 0.6 is 23.4 Å². The lowest BCUT2D eigenvalue weighted by Crippen LogP contribution is -2.28. The molecular weight excluding hydrogens is 398 g/mol. The number of ether oxygens (including phenoxy) is 2. The molecule has 2 aromatic rings. The Morgan fingerprint density at radius 3 is 2.79 bits per heavy atom. The van der Waals surface area contributed by atoms with Gasteiger partial charge in [-0.2, -0.15) is 0 Å². The lowest BCUT2D eigenvalue weighted by Gasteiger charge is -2.12. The summed E-state index contributed by atoms with van der Waals surface area (Å²) in [5, 5.41) is 0.874. The van der Waals surface area contributed by atoms with Crippen LogP contribution in [0.15, 0.2) is 46.4 Å². The first-order valence-electron chi connectivity index (χ1n) is 8.78. The Labute approximate surface area is 173 Å². The van der Waals surface area contributed by atoms with E-state index in [1.165, 1.54) is 11.8 Å². The first-order valence-corrected chi connectivity index (χ1v) is 9.98. The van der Waals surface area contributed by atoms with Crippen LogP contribution < -0.4 is 9.47 Å². The molecule has 6 nitrogen and oxygen atoms in total. The molecule has 28 heavy (non-hydrogen) atoms. The van der Waals surface area contributed by atoms with E-state index in [-0.39, 0.29) is 5.91 Å². The highest BCUT2D eigenvalue weighted by Crippen LogP contribution is 2.36. The minimum absolute atomic E-state index is 0.0980. The normalized spacial score (nSPS) is 16.9. The molecule has 1 aromatic carbocycles. The van der Waals surface area contributed by atoms with Crippen molar-refractivity contribution >= 4 is 46.2 Å². The largest absolute Gasteiger partial charge is 0.493 e. The van der Waals surface area contributed by atoms with Crippen LogP contribution in [0.4, 0.5) is 5.69 Å². The zero-order valence-electron chi connectivity index (χ0n) is 15.8. The van der Waals surface area contributed by atoms with Gasteiger partial charge in [0.25, 0.3) is 5.91 Å². The number of nitrogens with zero attached hydrogens (tertiary/aromatic N) is 3. The van der Waals surface area contributed by atoms with Gasteiger partial charge in [0.15, 0.2) is 21.8 Å². The minimum Gasteiger partial charge on any atom is -0.493 e. The number of hydrogen-bond donors (Lipinski definition) is 0. The third-order valence-corrected chi connectivity index (χ3v) is 5.24. The number of amidine groups is 1. The van der Waals surface area contributed by atoms with Crippen molar-refractivity contribution in [1.29, 1.82) is 0 Å². The van der Waals surface area contributed by atoms with Gasteiger partial charge in [-0.3, -0.25) is 9.69 Å². The number of rotatable bonds is 6. The Morgan fingerprint density at radius 1 is 1.29 bits per heavy atom. The monoisotopic (exact) mass is 417 g/mol. The molecule has 0 aliphatic carbocycles. The molecule has 0 N–H and O–H groups in total. The van der Waals surface area contributed by atoms with Crippen molar-refractivity contribution in [1.82, 2.24) is 9.88 Å². The number of aromatic nitrogens is 1. The summed E-state index contributed by atoms with van der Waals surface area (Å²) < 4.78 is 10.9. The number of aliphatic imine (C=N–C) groups is 1. The number of hydrogen-bond acceptors (Lipinski definition) is 6. The molecule has 1 fully saturated rings. The van der Waals surface area contributed by atoms with E-state index < -0.39 is 0 Å². The average Bonchev–Trinajstić information content (AvgIpc) is 2.99. The average molecular weight is 418 g/mol. The summed E-state index contributed by atoms with van der Waals surface area (Å²) in [6, 6.07) is 9.08. The van der Waals surface area contributed by atoms with E-state index in [1.807, 2.05) is 38.1 Å². The van der Waals surface area contributed by atoms with Crippen molar-refractivity contribution in [2.24, 2.45) is 4.99 Å². The summed E-state index contributed by atoms with van der Waals surface area (Å²) in [7, 11) is 1.59. The van der Waals surface area contributed by atoms with E-state index in [0.717, 1.165) is 5.56 Å². The van der Waals surface area contributed by atoms with Gasteiger partial charge in [0, 0.05) is 12.7 Å². The summed E-state index contributed by atoms with van der Waals surface area (Å²) >= 11 is 7.41. The molecule has 1 aliphatic heterocycles. The van der Waals surface area contributed by atoms with Crippen LogP contribution in [0.2, 0.25) is 5.15 Å². The number of carbonyl (C=O) groups excluding carboxylic acids is 1. The Hall–Kier alpha value is -2.51. The van der Waals surface area contributed by atoms with Crippen LogP contribution in [0.5, 0.6) is 11.5 Å². The number of carbonyl (C=O) groups is 1. The van der Waals surface area contributed by atoms with Crippen molar-refractivity contribution in [3.63, 3.8) is 0 Å². The zero-order chi connectivity index (χ0) is 20.1. The van der Waals surface area contributed by atoms with Crippen LogP contribution in [-0.4, -0.2) is 41.2 Å². The molecule has 0 unspecified atom stereocenters. The Bertz CT molecular complexity index is 946. The minimum atomic E-state index is -0.0980. The maximum Gasteiger partial charge on any atom is 0.266 e. The topological polar surface area (TPSA) is 64.0 Å². The van der Waals surface area contributed by atoms with Gasteiger partial charge >= 0.3 is 0 Å². The molecule has 3 rings (SSSR count). The molecule has 0 radical (unpaired) electrons. The van der Waals surface area contributed by atoms with E-state index >= 15 is 0 Å². The third-order valence-electron chi connectivity index (χ3n) is 3.95. The summed E-state index contributed by atoms with van der Waals surface area (Å²) in [5.74, 6) is 1.19. The second kappa shape index (κ2) is 9.12. The molecule has 1 amide bonds. The number of amides is 1. The van der Waals surface area contributed by atoms with Gasteiger partial charge < -0.3 is 9.47 Å². The summed E-state index contributed by atoms with van der Waals surface area (Å²) in [6.45, 7) is 4.87. The van der Waals surface area contributed by atoms with E-state index in [0.29, 0.717) is 45.6 Å². The number of pyridine rings is 1. The molecule has 0 saturated carbocycles. The van der Waals surface area contributed by atoms with Gasteiger partial charge in [0.2, 0.25) is 0 Å².